The number of pyridine rings is 1. The molecule has 1 saturated heterocycles. The Labute approximate surface area is 163 Å². The number of H-pyrrole nitrogens is 1. The molecule has 2 aliphatic heterocycles. The monoisotopic (exact) mass is 371 g/mol. The number of hydrogen-bond donors (Lipinski definition) is 2. The predicted molar refractivity (Wildman–Crippen MR) is 112 cm³/mol. The second kappa shape index (κ2) is 6.96. The van der Waals surface area contributed by atoms with E-state index in [4.69, 9.17) is 0 Å². The molecule has 4 heterocycles. The standard InChI is InChI=1S/C22H21N5O/c28-21-19(25-22(26-21)27-9-5-2-6-10-27)12-17-14-24-20-18(17)11-16(13-23-20)15-7-3-1-4-8-15/h1,3-4,7-8,11-14,28H,2,5-6,9-10H2,(H,25,26)/b17-12-. The average molecular weight is 371 g/mol. The van der Waals surface area contributed by atoms with Gasteiger partial charge >= 0.3 is 0 Å². The quantitative estimate of drug-likeness (QED) is 0.714. The Morgan fingerprint density at radius 2 is 1.86 bits per heavy atom. The molecule has 0 unspecified atom stereocenters. The molecule has 2 N–H and O–H groups in total. The molecule has 0 saturated carbocycles. The highest BCUT2D eigenvalue weighted by Crippen LogP contribution is 2.35. The van der Waals surface area contributed by atoms with Gasteiger partial charge in [-0.1, -0.05) is 30.3 Å². The third-order valence-electron chi connectivity index (χ3n) is 5.27. The molecule has 6 heteroatoms. The number of imidazole rings is 1. The molecule has 1 fully saturated rings. The van der Waals surface area contributed by atoms with E-state index in [-0.39, 0.29) is 5.88 Å². The fraction of sp³-hybridized carbons (Fsp3) is 0.227. The van der Waals surface area contributed by atoms with E-state index in [0.717, 1.165) is 54.1 Å². The first-order chi connectivity index (χ1) is 13.8. The van der Waals surface area contributed by atoms with Gasteiger partial charge in [0.2, 0.25) is 11.8 Å². The molecule has 5 rings (SSSR count). The molecule has 140 valence electrons. The Bertz CT molecular complexity index is 1060. The summed E-state index contributed by atoms with van der Waals surface area (Å²) in [5.74, 6) is 1.44. The van der Waals surface area contributed by atoms with Gasteiger partial charge in [-0.3, -0.25) is 0 Å². The van der Waals surface area contributed by atoms with Crippen LogP contribution < -0.4 is 4.90 Å². The molecular formula is C22H21N5O. The summed E-state index contributed by atoms with van der Waals surface area (Å²) in [7, 11) is 0. The first kappa shape index (κ1) is 16.7. The van der Waals surface area contributed by atoms with Crippen LogP contribution in [0.1, 0.15) is 30.5 Å². The Morgan fingerprint density at radius 3 is 2.68 bits per heavy atom. The highest BCUT2D eigenvalue weighted by Gasteiger charge is 2.19. The molecule has 0 aliphatic carbocycles. The van der Waals surface area contributed by atoms with E-state index in [2.05, 4.69) is 43.0 Å². The third kappa shape index (κ3) is 3.07. The molecular weight excluding hydrogens is 350 g/mol. The van der Waals surface area contributed by atoms with E-state index in [1.165, 1.54) is 6.42 Å². The van der Waals surface area contributed by atoms with E-state index >= 15 is 0 Å². The van der Waals surface area contributed by atoms with Gasteiger partial charge in [0.1, 0.15) is 5.69 Å². The van der Waals surface area contributed by atoms with Crippen LogP contribution in [0.25, 0.3) is 22.8 Å². The third-order valence-corrected chi connectivity index (χ3v) is 5.27. The highest BCUT2D eigenvalue weighted by molar-refractivity contribution is 6.21. The molecule has 0 bridgehead atoms. The van der Waals surface area contributed by atoms with Gasteiger partial charge in [-0.2, -0.15) is 4.98 Å². The SMILES string of the molecule is Oc1nc(N2CCCCC2)[nH]c1/C=C1/C=Nc2ncc(-c3ccccc3)cc21. The van der Waals surface area contributed by atoms with E-state index < -0.39 is 0 Å². The van der Waals surface area contributed by atoms with Gasteiger partial charge in [-0.05, 0) is 37.0 Å². The van der Waals surface area contributed by atoms with Crippen LogP contribution in [0, 0.1) is 0 Å². The topological polar surface area (TPSA) is 77.4 Å². The van der Waals surface area contributed by atoms with Crippen LogP contribution >= 0.6 is 0 Å². The Kier molecular flexibility index (Phi) is 4.16. The van der Waals surface area contributed by atoms with Crippen LogP contribution in [-0.4, -0.2) is 39.4 Å². The van der Waals surface area contributed by atoms with Crippen molar-refractivity contribution in [2.24, 2.45) is 4.99 Å². The van der Waals surface area contributed by atoms with Gasteiger partial charge in [-0.25, -0.2) is 9.98 Å². The first-order valence-corrected chi connectivity index (χ1v) is 9.63. The van der Waals surface area contributed by atoms with Crippen LogP contribution in [0.5, 0.6) is 5.88 Å². The number of fused-ring (bicyclic) bond motifs is 1. The summed E-state index contributed by atoms with van der Waals surface area (Å²) in [6.07, 6.45) is 9.09. The van der Waals surface area contributed by atoms with Crippen molar-refractivity contribution in [3.05, 3.63) is 53.9 Å². The minimum atomic E-state index is 0.0158. The van der Waals surface area contributed by atoms with Gasteiger partial charge in [0.15, 0.2) is 5.82 Å². The normalized spacial score (nSPS) is 17.3. The summed E-state index contributed by atoms with van der Waals surface area (Å²) in [5.41, 5.74) is 4.61. The van der Waals surface area contributed by atoms with Crippen molar-refractivity contribution >= 4 is 29.6 Å². The predicted octanol–water partition coefficient (Wildman–Crippen LogP) is 4.42. The van der Waals surface area contributed by atoms with Gasteiger partial charge in [0, 0.05) is 42.2 Å². The number of allylic oxidation sites excluding steroid dienone is 1. The summed E-state index contributed by atoms with van der Waals surface area (Å²) in [6, 6.07) is 12.2. The Hall–Kier alpha value is -3.41. The maximum absolute atomic E-state index is 10.3. The molecule has 0 atom stereocenters. The van der Waals surface area contributed by atoms with Crippen LogP contribution in [-0.2, 0) is 0 Å². The zero-order valence-corrected chi connectivity index (χ0v) is 15.5. The lowest BCUT2D eigenvalue weighted by Gasteiger charge is -2.25. The maximum atomic E-state index is 10.3. The van der Waals surface area contributed by atoms with E-state index in [9.17, 15) is 5.11 Å². The number of aromatic nitrogens is 3. The largest absolute Gasteiger partial charge is 0.492 e. The van der Waals surface area contributed by atoms with Crippen molar-refractivity contribution in [3.8, 4) is 17.0 Å². The van der Waals surface area contributed by atoms with Crippen molar-refractivity contribution in [3.63, 3.8) is 0 Å². The zero-order valence-electron chi connectivity index (χ0n) is 15.5. The first-order valence-electron chi connectivity index (χ1n) is 9.63. The van der Waals surface area contributed by atoms with Crippen molar-refractivity contribution in [2.75, 3.05) is 18.0 Å². The number of benzene rings is 1. The molecule has 3 aromatic rings. The number of nitrogens with one attached hydrogen (secondary N) is 1. The highest BCUT2D eigenvalue weighted by atomic mass is 16.3. The Balaban J connectivity index is 1.48. The summed E-state index contributed by atoms with van der Waals surface area (Å²) in [5, 5.41) is 10.3. The molecule has 6 nitrogen and oxygen atoms in total. The van der Waals surface area contributed by atoms with Crippen molar-refractivity contribution in [1.29, 1.82) is 0 Å². The second-order valence-corrected chi connectivity index (χ2v) is 7.16. The molecule has 1 aromatic carbocycles. The number of aromatic hydroxyl groups is 1. The minimum Gasteiger partial charge on any atom is -0.492 e. The second-order valence-electron chi connectivity index (χ2n) is 7.16. The number of rotatable bonds is 3. The lowest BCUT2D eigenvalue weighted by Crippen LogP contribution is -2.30. The molecule has 28 heavy (non-hydrogen) atoms. The number of nitrogens with zero attached hydrogens (tertiary/aromatic N) is 4. The van der Waals surface area contributed by atoms with Gasteiger partial charge in [-0.15, -0.1) is 0 Å². The molecule has 0 amide bonds. The summed E-state index contributed by atoms with van der Waals surface area (Å²) < 4.78 is 0. The maximum Gasteiger partial charge on any atom is 0.238 e. The minimum absolute atomic E-state index is 0.0158. The van der Waals surface area contributed by atoms with E-state index in [1.807, 2.05) is 30.5 Å². The number of piperidine rings is 1. The van der Waals surface area contributed by atoms with Crippen molar-refractivity contribution < 1.29 is 5.11 Å². The summed E-state index contributed by atoms with van der Waals surface area (Å²) >= 11 is 0. The van der Waals surface area contributed by atoms with Gasteiger partial charge in [0.25, 0.3) is 0 Å². The van der Waals surface area contributed by atoms with E-state index in [1.54, 1.807) is 6.21 Å². The van der Waals surface area contributed by atoms with Gasteiger partial charge < -0.3 is 15.0 Å². The smallest absolute Gasteiger partial charge is 0.238 e. The fourth-order valence-corrected chi connectivity index (χ4v) is 3.75. The summed E-state index contributed by atoms with van der Waals surface area (Å²) in [6.45, 7) is 1.94. The lowest BCUT2D eigenvalue weighted by atomic mass is 10.0. The van der Waals surface area contributed by atoms with Crippen LogP contribution in [0.2, 0.25) is 0 Å². The number of anilines is 1. The van der Waals surface area contributed by atoms with Crippen molar-refractivity contribution in [1.82, 2.24) is 15.0 Å². The molecule has 2 aliphatic rings. The lowest BCUT2D eigenvalue weighted by molar-refractivity contribution is 0.454. The van der Waals surface area contributed by atoms with Gasteiger partial charge in [0.05, 0.1) is 0 Å². The number of aliphatic imine (C=N–C) groups is 1. The number of aromatic amines is 1. The summed E-state index contributed by atoms with van der Waals surface area (Å²) in [4.78, 5) is 18.7. The van der Waals surface area contributed by atoms with Crippen LogP contribution in [0.3, 0.4) is 0 Å². The molecule has 0 spiro atoms. The van der Waals surface area contributed by atoms with Crippen molar-refractivity contribution in [2.45, 2.75) is 19.3 Å². The van der Waals surface area contributed by atoms with Crippen LogP contribution in [0.4, 0.5) is 11.8 Å². The van der Waals surface area contributed by atoms with Crippen LogP contribution in [0.15, 0.2) is 47.6 Å². The average Bonchev–Trinajstić information content (AvgIpc) is 3.33. The fourth-order valence-electron chi connectivity index (χ4n) is 3.75. The van der Waals surface area contributed by atoms with E-state index in [0.29, 0.717) is 11.5 Å². The zero-order chi connectivity index (χ0) is 18.9. The number of hydrogen-bond acceptors (Lipinski definition) is 5. The Morgan fingerprint density at radius 1 is 1.04 bits per heavy atom. The molecule has 0 radical (unpaired) electrons. The molecule has 2 aromatic heterocycles.